The van der Waals surface area contributed by atoms with E-state index in [1.807, 2.05) is 18.2 Å². The minimum Gasteiger partial charge on any atom is -0.508 e. The topological polar surface area (TPSA) is 54.6 Å². The Hall–Kier alpha value is -1.94. The van der Waals surface area contributed by atoms with E-state index in [4.69, 9.17) is 9.15 Å². The third-order valence-electron chi connectivity index (χ3n) is 3.20. The zero-order valence-corrected chi connectivity index (χ0v) is 10.1. The minimum atomic E-state index is 0.119. The summed E-state index contributed by atoms with van der Waals surface area (Å²) >= 11 is 0. The van der Waals surface area contributed by atoms with E-state index in [2.05, 4.69) is 12.2 Å². The molecule has 1 aliphatic rings. The average molecular weight is 245 g/mol. The smallest absolute Gasteiger partial charge is 0.127 e. The van der Waals surface area contributed by atoms with E-state index in [9.17, 15) is 5.11 Å². The van der Waals surface area contributed by atoms with Gasteiger partial charge in [-0.15, -0.1) is 0 Å². The predicted molar refractivity (Wildman–Crippen MR) is 66.6 cm³/mol. The van der Waals surface area contributed by atoms with Crippen LogP contribution in [0, 0.1) is 0 Å². The van der Waals surface area contributed by atoms with Crippen LogP contribution in [-0.4, -0.2) is 11.7 Å². The number of hydrogen-bond donors (Lipinski definition) is 2. The molecule has 0 fully saturated rings. The van der Waals surface area contributed by atoms with Crippen molar-refractivity contribution in [2.45, 2.75) is 19.0 Å². The van der Waals surface area contributed by atoms with Crippen molar-refractivity contribution in [2.75, 3.05) is 6.61 Å². The molecule has 0 radical (unpaired) electrons. The maximum Gasteiger partial charge on any atom is 0.127 e. The van der Waals surface area contributed by atoms with Gasteiger partial charge in [0, 0.05) is 11.6 Å². The van der Waals surface area contributed by atoms with E-state index in [0.717, 1.165) is 17.1 Å². The van der Waals surface area contributed by atoms with E-state index >= 15 is 0 Å². The van der Waals surface area contributed by atoms with Crippen LogP contribution in [0.25, 0.3) is 0 Å². The Kier molecular flexibility index (Phi) is 2.72. The zero-order chi connectivity index (χ0) is 12.5. The van der Waals surface area contributed by atoms with Gasteiger partial charge in [-0.2, -0.15) is 0 Å². The number of nitrogens with one attached hydrogen (secondary N) is 1. The summed E-state index contributed by atoms with van der Waals surface area (Å²) in [5.41, 5.74) is 1.08. The quantitative estimate of drug-likeness (QED) is 0.873. The van der Waals surface area contributed by atoms with E-state index in [1.165, 1.54) is 0 Å². The maximum atomic E-state index is 9.40. The highest BCUT2D eigenvalue weighted by Crippen LogP contribution is 2.36. The Balaban J connectivity index is 1.77. The SMILES string of the molecule is C[C@H](NC1COc2cc(O)ccc21)c1ccco1. The summed E-state index contributed by atoms with van der Waals surface area (Å²) in [4.78, 5) is 0. The van der Waals surface area contributed by atoms with Crippen molar-refractivity contribution in [1.82, 2.24) is 5.32 Å². The molecule has 0 saturated carbocycles. The normalized spacial score (nSPS) is 19.3. The summed E-state index contributed by atoms with van der Waals surface area (Å²) < 4.78 is 10.9. The van der Waals surface area contributed by atoms with Crippen LogP contribution in [-0.2, 0) is 0 Å². The van der Waals surface area contributed by atoms with Gasteiger partial charge in [-0.3, -0.25) is 5.32 Å². The van der Waals surface area contributed by atoms with E-state index < -0.39 is 0 Å². The van der Waals surface area contributed by atoms with Crippen molar-refractivity contribution in [3.63, 3.8) is 0 Å². The van der Waals surface area contributed by atoms with Gasteiger partial charge in [-0.1, -0.05) is 0 Å². The molecule has 2 aromatic rings. The fourth-order valence-corrected chi connectivity index (χ4v) is 2.26. The number of benzene rings is 1. The fraction of sp³-hybridized carbons (Fsp3) is 0.286. The van der Waals surface area contributed by atoms with Gasteiger partial charge in [0.05, 0.1) is 18.3 Å². The second kappa shape index (κ2) is 4.38. The van der Waals surface area contributed by atoms with Crippen molar-refractivity contribution >= 4 is 0 Å². The van der Waals surface area contributed by atoms with Crippen LogP contribution in [0.15, 0.2) is 41.0 Å². The first-order valence-corrected chi connectivity index (χ1v) is 5.99. The summed E-state index contributed by atoms with van der Waals surface area (Å²) in [6, 6.07) is 9.29. The predicted octanol–water partition coefficient (Wildman–Crippen LogP) is 2.77. The monoisotopic (exact) mass is 245 g/mol. The number of fused-ring (bicyclic) bond motifs is 1. The number of furan rings is 1. The van der Waals surface area contributed by atoms with Crippen molar-refractivity contribution in [1.29, 1.82) is 0 Å². The van der Waals surface area contributed by atoms with Crippen molar-refractivity contribution in [3.05, 3.63) is 47.9 Å². The number of phenols is 1. The lowest BCUT2D eigenvalue weighted by atomic mass is 10.1. The molecule has 2 heterocycles. The van der Waals surface area contributed by atoms with E-state index in [1.54, 1.807) is 18.4 Å². The second-order valence-corrected chi connectivity index (χ2v) is 4.49. The van der Waals surface area contributed by atoms with Gasteiger partial charge in [0.15, 0.2) is 0 Å². The third kappa shape index (κ3) is 1.95. The Morgan fingerprint density at radius 2 is 2.28 bits per heavy atom. The van der Waals surface area contributed by atoms with Crippen LogP contribution < -0.4 is 10.1 Å². The highest BCUT2D eigenvalue weighted by Gasteiger charge is 2.26. The highest BCUT2D eigenvalue weighted by atomic mass is 16.5. The van der Waals surface area contributed by atoms with Crippen molar-refractivity contribution in [3.8, 4) is 11.5 Å². The molecule has 1 unspecified atom stereocenters. The third-order valence-corrected chi connectivity index (χ3v) is 3.20. The fourth-order valence-electron chi connectivity index (χ4n) is 2.26. The standard InChI is InChI=1S/C14H15NO3/c1-9(13-3-2-6-17-13)15-12-8-18-14-7-10(16)4-5-11(12)14/h2-7,9,12,15-16H,8H2,1H3/t9-,12?/m0/s1. The largest absolute Gasteiger partial charge is 0.508 e. The average Bonchev–Trinajstić information content (AvgIpc) is 2.98. The number of hydrogen-bond acceptors (Lipinski definition) is 4. The molecule has 1 aromatic carbocycles. The van der Waals surface area contributed by atoms with Gasteiger partial charge in [-0.05, 0) is 31.2 Å². The first kappa shape index (κ1) is 11.2. The maximum absolute atomic E-state index is 9.40. The summed E-state index contributed by atoms with van der Waals surface area (Å²) in [6.45, 7) is 2.63. The van der Waals surface area contributed by atoms with Gasteiger partial charge in [-0.25, -0.2) is 0 Å². The number of aromatic hydroxyl groups is 1. The molecule has 1 aliphatic heterocycles. The molecule has 3 rings (SSSR count). The van der Waals surface area contributed by atoms with Gasteiger partial charge < -0.3 is 14.3 Å². The molecule has 0 bridgehead atoms. The van der Waals surface area contributed by atoms with E-state index in [0.29, 0.717) is 6.61 Å². The summed E-state index contributed by atoms with van der Waals surface area (Å²) in [5, 5.41) is 12.9. The lowest BCUT2D eigenvalue weighted by Crippen LogP contribution is -2.25. The van der Waals surface area contributed by atoms with Gasteiger partial charge >= 0.3 is 0 Å². The molecule has 0 saturated heterocycles. The molecule has 1 aromatic heterocycles. The molecule has 0 amide bonds. The summed E-state index contributed by atoms with van der Waals surface area (Å²) in [6.07, 6.45) is 1.67. The van der Waals surface area contributed by atoms with Gasteiger partial charge in [0.1, 0.15) is 23.9 Å². The molecule has 0 spiro atoms. The van der Waals surface area contributed by atoms with Gasteiger partial charge in [0.2, 0.25) is 0 Å². The van der Waals surface area contributed by atoms with Crippen LogP contribution in [0.1, 0.15) is 30.3 Å². The molecule has 0 aliphatic carbocycles. The summed E-state index contributed by atoms with van der Waals surface area (Å²) in [5.74, 6) is 1.88. The van der Waals surface area contributed by atoms with Crippen LogP contribution in [0.4, 0.5) is 0 Å². The second-order valence-electron chi connectivity index (χ2n) is 4.49. The van der Waals surface area contributed by atoms with Crippen LogP contribution >= 0.6 is 0 Å². The van der Waals surface area contributed by atoms with E-state index in [-0.39, 0.29) is 17.8 Å². The molecule has 18 heavy (non-hydrogen) atoms. The molecule has 4 nitrogen and oxygen atoms in total. The minimum absolute atomic E-state index is 0.119. The highest BCUT2D eigenvalue weighted by molar-refractivity contribution is 5.44. The Labute approximate surface area is 105 Å². The number of ether oxygens (including phenoxy) is 1. The molecular weight excluding hydrogens is 230 g/mol. The van der Waals surface area contributed by atoms with Gasteiger partial charge in [0.25, 0.3) is 0 Å². The Morgan fingerprint density at radius 1 is 1.39 bits per heavy atom. The first-order chi connectivity index (χ1) is 8.74. The first-order valence-electron chi connectivity index (χ1n) is 5.99. The summed E-state index contributed by atoms with van der Waals surface area (Å²) in [7, 11) is 0. The van der Waals surface area contributed by atoms with Crippen LogP contribution in [0.5, 0.6) is 11.5 Å². The van der Waals surface area contributed by atoms with Crippen molar-refractivity contribution < 1.29 is 14.3 Å². The van der Waals surface area contributed by atoms with Crippen LogP contribution in [0.3, 0.4) is 0 Å². The lowest BCUT2D eigenvalue weighted by molar-refractivity contribution is 0.291. The lowest BCUT2D eigenvalue weighted by Gasteiger charge is -2.16. The molecule has 2 atom stereocenters. The van der Waals surface area contributed by atoms with Crippen molar-refractivity contribution in [2.24, 2.45) is 0 Å². The Morgan fingerprint density at radius 3 is 3.06 bits per heavy atom. The molecular formula is C14H15NO3. The molecule has 94 valence electrons. The number of phenolic OH excluding ortho intramolecular Hbond substituents is 1. The number of rotatable bonds is 3. The molecule has 2 N–H and O–H groups in total. The zero-order valence-electron chi connectivity index (χ0n) is 10.1. The van der Waals surface area contributed by atoms with Crippen LogP contribution in [0.2, 0.25) is 0 Å². The molecule has 4 heteroatoms. The Bertz CT molecular complexity index is 536.